The number of rotatable bonds is 2. The minimum Gasteiger partial charge on any atom is -0.382 e. The van der Waals surface area contributed by atoms with Gasteiger partial charge in [-0.05, 0) is 37.0 Å². The highest BCUT2D eigenvalue weighted by molar-refractivity contribution is 5.54. The van der Waals surface area contributed by atoms with Gasteiger partial charge >= 0.3 is 6.18 Å². The summed E-state index contributed by atoms with van der Waals surface area (Å²) < 4.78 is 38.3. The molecule has 5 heteroatoms. The number of anilines is 1. The minimum atomic E-state index is -4.49. The summed E-state index contributed by atoms with van der Waals surface area (Å²) in [6.45, 7) is 2.16. The summed E-state index contributed by atoms with van der Waals surface area (Å²) in [6, 6.07) is 5.62. The van der Waals surface area contributed by atoms with Crippen LogP contribution in [0.3, 0.4) is 0 Å². The third-order valence-corrected chi connectivity index (χ3v) is 4.16. The first kappa shape index (κ1) is 15.7. The smallest absolute Gasteiger partial charge is 0.382 e. The molecule has 2 nitrogen and oxygen atoms in total. The summed E-state index contributed by atoms with van der Waals surface area (Å²) in [5, 5.41) is 12.2. The van der Waals surface area contributed by atoms with Gasteiger partial charge in [0.05, 0.1) is 17.2 Å². The highest BCUT2D eigenvalue weighted by atomic mass is 19.4. The Morgan fingerprint density at radius 1 is 1.19 bits per heavy atom. The van der Waals surface area contributed by atoms with Gasteiger partial charge in [0, 0.05) is 11.7 Å². The van der Waals surface area contributed by atoms with E-state index in [0.717, 1.165) is 25.3 Å². The second kappa shape index (κ2) is 6.38. The van der Waals surface area contributed by atoms with Gasteiger partial charge in [0.25, 0.3) is 0 Å². The van der Waals surface area contributed by atoms with Gasteiger partial charge in [0.2, 0.25) is 0 Å². The van der Waals surface area contributed by atoms with E-state index >= 15 is 0 Å². The first-order valence-electron chi connectivity index (χ1n) is 7.29. The third kappa shape index (κ3) is 3.90. The van der Waals surface area contributed by atoms with Crippen LogP contribution in [0.1, 0.15) is 50.2 Å². The summed E-state index contributed by atoms with van der Waals surface area (Å²) in [4.78, 5) is 0. The van der Waals surface area contributed by atoms with Gasteiger partial charge in [-0.1, -0.05) is 26.2 Å². The van der Waals surface area contributed by atoms with Gasteiger partial charge in [0.15, 0.2) is 0 Å². The van der Waals surface area contributed by atoms with Crippen molar-refractivity contribution in [2.24, 2.45) is 5.92 Å². The van der Waals surface area contributed by atoms with Crippen LogP contribution in [0.4, 0.5) is 18.9 Å². The Balaban J connectivity index is 2.19. The number of hydrogen-bond acceptors (Lipinski definition) is 2. The summed E-state index contributed by atoms with van der Waals surface area (Å²) in [7, 11) is 0. The first-order valence-corrected chi connectivity index (χ1v) is 7.29. The molecule has 1 saturated carbocycles. The van der Waals surface area contributed by atoms with Crippen LogP contribution in [0.15, 0.2) is 18.2 Å². The lowest BCUT2D eigenvalue weighted by Gasteiger charge is -2.24. The molecule has 0 aliphatic heterocycles. The van der Waals surface area contributed by atoms with E-state index in [1.807, 2.05) is 0 Å². The quantitative estimate of drug-likeness (QED) is 0.783. The summed E-state index contributed by atoms with van der Waals surface area (Å²) in [5.41, 5.74) is -0.600. The van der Waals surface area contributed by atoms with Crippen molar-refractivity contribution in [2.75, 3.05) is 5.32 Å². The lowest BCUT2D eigenvalue weighted by molar-refractivity contribution is -0.137. The van der Waals surface area contributed by atoms with Crippen LogP contribution in [0, 0.1) is 17.2 Å². The van der Waals surface area contributed by atoms with Gasteiger partial charge in [-0.2, -0.15) is 18.4 Å². The zero-order chi connectivity index (χ0) is 15.5. The average molecular weight is 296 g/mol. The van der Waals surface area contributed by atoms with Crippen molar-refractivity contribution in [2.45, 2.75) is 51.2 Å². The zero-order valence-corrected chi connectivity index (χ0v) is 12.0. The largest absolute Gasteiger partial charge is 0.417 e. The van der Waals surface area contributed by atoms with E-state index in [9.17, 15) is 13.2 Å². The number of benzene rings is 1. The molecule has 1 aromatic carbocycles. The molecule has 0 radical (unpaired) electrons. The number of nitriles is 1. The molecule has 0 saturated heterocycles. The Morgan fingerprint density at radius 2 is 1.90 bits per heavy atom. The fourth-order valence-corrected chi connectivity index (χ4v) is 2.90. The van der Waals surface area contributed by atoms with Crippen molar-refractivity contribution in [3.8, 4) is 6.07 Å². The summed E-state index contributed by atoms with van der Waals surface area (Å²) >= 11 is 0. The highest BCUT2D eigenvalue weighted by Crippen LogP contribution is 2.34. The molecule has 2 atom stereocenters. The van der Waals surface area contributed by atoms with E-state index in [0.29, 0.717) is 11.6 Å². The fourth-order valence-electron chi connectivity index (χ4n) is 2.90. The minimum absolute atomic E-state index is 0.260. The predicted octanol–water partition coefficient (Wildman–Crippen LogP) is 4.96. The Kier molecular flexibility index (Phi) is 4.76. The summed E-state index contributed by atoms with van der Waals surface area (Å²) in [6.07, 6.45) is 1.20. The second-order valence-electron chi connectivity index (χ2n) is 5.74. The molecule has 1 aliphatic carbocycles. The summed E-state index contributed by atoms with van der Waals surface area (Å²) in [5.74, 6) is 0.486. The van der Waals surface area contributed by atoms with Gasteiger partial charge in [-0.15, -0.1) is 0 Å². The van der Waals surface area contributed by atoms with Crippen LogP contribution >= 0.6 is 0 Å². The van der Waals surface area contributed by atoms with Crippen LogP contribution in [0.25, 0.3) is 0 Å². The molecule has 0 spiro atoms. The average Bonchev–Trinajstić information content (AvgIpc) is 2.63. The maximum Gasteiger partial charge on any atom is 0.417 e. The van der Waals surface area contributed by atoms with Crippen molar-refractivity contribution < 1.29 is 13.2 Å². The molecule has 0 amide bonds. The molecule has 1 N–H and O–H groups in total. The molecule has 2 unspecified atom stereocenters. The van der Waals surface area contributed by atoms with Crippen LogP contribution in [0.5, 0.6) is 0 Å². The Morgan fingerprint density at radius 3 is 2.57 bits per heavy atom. The van der Waals surface area contributed by atoms with Crippen LogP contribution in [0.2, 0.25) is 0 Å². The van der Waals surface area contributed by atoms with E-state index < -0.39 is 11.7 Å². The van der Waals surface area contributed by atoms with Crippen molar-refractivity contribution in [1.29, 1.82) is 5.26 Å². The Labute approximate surface area is 123 Å². The molecular formula is C16H19F3N2. The number of nitrogens with one attached hydrogen (secondary N) is 1. The maximum atomic E-state index is 12.8. The van der Waals surface area contributed by atoms with E-state index in [1.54, 1.807) is 6.07 Å². The standard InChI is InChI=1S/C16H19F3N2/c1-11-5-3-2-4-6-15(11)21-13-7-8-14(16(17,18)19)12(9-13)10-20/h7-9,11,15,21H,2-6H2,1H3. The van der Waals surface area contributed by atoms with Crippen molar-refractivity contribution in [3.05, 3.63) is 29.3 Å². The number of nitrogens with zero attached hydrogens (tertiary/aromatic N) is 1. The second-order valence-corrected chi connectivity index (χ2v) is 5.74. The molecule has 0 bridgehead atoms. The zero-order valence-electron chi connectivity index (χ0n) is 12.0. The van der Waals surface area contributed by atoms with Gasteiger partial charge in [0.1, 0.15) is 0 Å². The highest BCUT2D eigenvalue weighted by Gasteiger charge is 2.33. The number of hydrogen-bond donors (Lipinski definition) is 1. The predicted molar refractivity (Wildman–Crippen MR) is 75.8 cm³/mol. The van der Waals surface area contributed by atoms with Crippen molar-refractivity contribution >= 4 is 5.69 Å². The van der Waals surface area contributed by atoms with E-state index in [1.165, 1.54) is 25.0 Å². The number of halogens is 3. The molecule has 0 aromatic heterocycles. The van der Waals surface area contributed by atoms with Crippen LogP contribution in [-0.2, 0) is 6.18 Å². The fraction of sp³-hybridized carbons (Fsp3) is 0.562. The monoisotopic (exact) mass is 296 g/mol. The van der Waals surface area contributed by atoms with E-state index in [2.05, 4.69) is 12.2 Å². The number of alkyl halides is 3. The third-order valence-electron chi connectivity index (χ3n) is 4.16. The topological polar surface area (TPSA) is 35.8 Å². The van der Waals surface area contributed by atoms with Crippen LogP contribution < -0.4 is 5.32 Å². The van der Waals surface area contributed by atoms with Gasteiger partial charge < -0.3 is 5.32 Å². The lowest BCUT2D eigenvalue weighted by Crippen LogP contribution is -2.26. The molecule has 2 rings (SSSR count). The lowest BCUT2D eigenvalue weighted by atomic mass is 9.96. The molecular weight excluding hydrogens is 277 g/mol. The molecule has 114 valence electrons. The molecule has 21 heavy (non-hydrogen) atoms. The van der Waals surface area contributed by atoms with Gasteiger partial charge in [-0.25, -0.2) is 0 Å². The first-order chi connectivity index (χ1) is 9.91. The van der Waals surface area contributed by atoms with Crippen LogP contribution in [-0.4, -0.2) is 6.04 Å². The Hall–Kier alpha value is -1.70. The SMILES string of the molecule is CC1CCCCCC1Nc1ccc(C(F)(F)F)c(C#N)c1. The normalized spacial score (nSPS) is 23.2. The Bertz CT molecular complexity index is 531. The van der Waals surface area contributed by atoms with Gasteiger partial charge in [-0.3, -0.25) is 0 Å². The maximum absolute atomic E-state index is 12.8. The molecule has 1 aromatic rings. The van der Waals surface area contributed by atoms with E-state index in [4.69, 9.17) is 5.26 Å². The molecule has 0 heterocycles. The van der Waals surface area contributed by atoms with Crippen molar-refractivity contribution in [3.63, 3.8) is 0 Å². The molecule has 1 fully saturated rings. The van der Waals surface area contributed by atoms with Crippen molar-refractivity contribution in [1.82, 2.24) is 0 Å². The van der Waals surface area contributed by atoms with E-state index in [-0.39, 0.29) is 11.6 Å². The molecule has 1 aliphatic rings.